The lowest BCUT2D eigenvalue weighted by atomic mass is 9.82. The molecule has 5 aromatic rings. The third-order valence-electron chi connectivity index (χ3n) is 6.11. The summed E-state index contributed by atoms with van der Waals surface area (Å²) in [5, 5.41) is 3.37. The average molecular weight is 438 g/mol. The second-order valence-electron chi connectivity index (χ2n) is 11.4. The van der Waals surface area contributed by atoms with Crippen molar-refractivity contribution in [1.82, 2.24) is 15.0 Å². The van der Waals surface area contributed by atoms with Crippen LogP contribution in [0.2, 0.25) is 0 Å². The van der Waals surface area contributed by atoms with E-state index >= 15 is 0 Å². The molecule has 4 nitrogen and oxygen atoms in total. The fraction of sp³-hybridized carbons (Fsp3) is 0.345. The molecule has 2 aromatic carbocycles. The molecule has 3 aromatic heterocycles. The topological polar surface area (TPSA) is 51.8 Å². The third kappa shape index (κ3) is 3.99. The van der Waals surface area contributed by atoms with Crippen LogP contribution in [0.15, 0.2) is 53.3 Å². The molecular weight excluding hydrogens is 406 g/mol. The van der Waals surface area contributed by atoms with E-state index in [9.17, 15) is 0 Å². The van der Waals surface area contributed by atoms with E-state index in [4.69, 9.17) is 4.42 Å². The molecule has 0 radical (unpaired) electrons. The Kier molecular flexibility index (Phi) is 4.82. The van der Waals surface area contributed by atoms with Gasteiger partial charge in [-0.1, -0.05) is 47.6 Å². The maximum atomic E-state index is 6.41. The van der Waals surface area contributed by atoms with E-state index in [1.165, 1.54) is 16.5 Å². The van der Waals surface area contributed by atoms with Gasteiger partial charge >= 0.3 is 0 Å². The van der Waals surface area contributed by atoms with Crippen molar-refractivity contribution in [3.63, 3.8) is 0 Å². The molecule has 0 atom stereocenters. The van der Waals surface area contributed by atoms with Crippen LogP contribution in [0.1, 0.15) is 58.4 Å². The monoisotopic (exact) mass is 437 g/mol. The number of benzene rings is 2. The number of pyridine rings is 1. The Morgan fingerprint density at radius 1 is 0.848 bits per heavy atom. The van der Waals surface area contributed by atoms with E-state index < -0.39 is 0 Å². The van der Waals surface area contributed by atoms with E-state index in [1.54, 1.807) is 6.33 Å². The fourth-order valence-corrected chi connectivity index (χ4v) is 4.67. The minimum absolute atomic E-state index is 0.0239. The molecule has 0 saturated heterocycles. The summed E-state index contributed by atoms with van der Waals surface area (Å²) in [6, 6.07) is 13.1. The van der Waals surface area contributed by atoms with Crippen LogP contribution in [0.4, 0.5) is 0 Å². The first-order valence-corrected chi connectivity index (χ1v) is 11.6. The molecule has 0 amide bonds. The smallest absolute Gasteiger partial charge is 0.180 e. The van der Waals surface area contributed by atoms with Gasteiger partial charge in [0.15, 0.2) is 5.58 Å². The van der Waals surface area contributed by atoms with Gasteiger partial charge in [0, 0.05) is 28.2 Å². The zero-order chi connectivity index (χ0) is 23.5. The van der Waals surface area contributed by atoms with Gasteiger partial charge in [0.1, 0.15) is 23.1 Å². The van der Waals surface area contributed by atoms with E-state index in [0.717, 1.165) is 50.8 Å². The van der Waals surface area contributed by atoms with Crippen molar-refractivity contribution in [2.24, 2.45) is 5.41 Å². The molecule has 0 aliphatic heterocycles. The lowest BCUT2D eigenvalue weighted by Crippen LogP contribution is -2.12. The van der Waals surface area contributed by atoms with Gasteiger partial charge in [0.2, 0.25) is 0 Å². The van der Waals surface area contributed by atoms with Gasteiger partial charge in [0.25, 0.3) is 0 Å². The molecule has 0 saturated carbocycles. The van der Waals surface area contributed by atoms with Gasteiger partial charge < -0.3 is 4.42 Å². The molecule has 0 unspecified atom stereocenters. The molecule has 0 spiro atoms. The predicted molar refractivity (Wildman–Crippen MR) is 137 cm³/mol. The highest BCUT2D eigenvalue weighted by Crippen LogP contribution is 2.38. The summed E-state index contributed by atoms with van der Waals surface area (Å²) in [5.74, 6) is 0. The second-order valence-corrected chi connectivity index (χ2v) is 11.4. The zero-order valence-electron chi connectivity index (χ0n) is 20.6. The standard InChI is InChI=1S/C29H31N3O/c1-17-10-22-20(15-30-17)12-19(13-23(22)29(5,6)7)25-27-26(32-16-31-25)21-9-8-18(11-24(21)33-27)14-28(2,3)4/h8-13,15-16H,14H2,1-7H3. The van der Waals surface area contributed by atoms with Crippen molar-refractivity contribution in [2.45, 2.75) is 60.3 Å². The lowest BCUT2D eigenvalue weighted by molar-refractivity contribution is 0.411. The van der Waals surface area contributed by atoms with Gasteiger partial charge in [-0.3, -0.25) is 4.98 Å². The fourth-order valence-electron chi connectivity index (χ4n) is 4.67. The second kappa shape index (κ2) is 7.38. The van der Waals surface area contributed by atoms with Crippen molar-refractivity contribution < 1.29 is 4.42 Å². The maximum absolute atomic E-state index is 6.41. The Hall–Kier alpha value is -3.27. The summed E-state index contributed by atoms with van der Waals surface area (Å²) in [4.78, 5) is 13.8. The summed E-state index contributed by atoms with van der Waals surface area (Å²) >= 11 is 0. The number of fused-ring (bicyclic) bond motifs is 4. The first kappa shape index (κ1) is 21.6. The number of aryl methyl sites for hydroxylation is 1. The number of rotatable bonds is 2. The van der Waals surface area contributed by atoms with E-state index in [1.807, 2.05) is 13.1 Å². The summed E-state index contributed by atoms with van der Waals surface area (Å²) in [6.45, 7) is 15.5. The molecule has 0 bridgehead atoms. The molecule has 168 valence electrons. The lowest BCUT2D eigenvalue weighted by Gasteiger charge is -2.22. The van der Waals surface area contributed by atoms with E-state index in [0.29, 0.717) is 0 Å². The molecule has 0 N–H and O–H groups in total. The summed E-state index contributed by atoms with van der Waals surface area (Å²) < 4.78 is 6.41. The van der Waals surface area contributed by atoms with Crippen molar-refractivity contribution in [3.8, 4) is 11.3 Å². The number of hydrogen-bond acceptors (Lipinski definition) is 4. The van der Waals surface area contributed by atoms with Gasteiger partial charge in [-0.25, -0.2) is 9.97 Å². The van der Waals surface area contributed by atoms with Crippen LogP contribution in [0.25, 0.3) is 44.1 Å². The normalized spacial score (nSPS) is 12.8. The number of furan rings is 1. The SMILES string of the molecule is Cc1cc2c(C(C)(C)C)cc(-c3ncnc4c3oc3cc(CC(C)(C)C)ccc34)cc2cn1. The molecule has 3 heterocycles. The molecular formula is C29H31N3O. The number of hydrogen-bond donors (Lipinski definition) is 0. The van der Waals surface area contributed by atoms with Crippen LogP contribution in [-0.2, 0) is 11.8 Å². The molecule has 0 aliphatic rings. The Morgan fingerprint density at radius 2 is 1.64 bits per heavy atom. The van der Waals surface area contributed by atoms with Crippen molar-refractivity contribution >= 4 is 32.8 Å². The molecule has 0 fully saturated rings. The minimum atomic E-state index is -0.0239. The maximum Gasteiger partial charge on any atom is 0.180 e. The Bertz CT molecular complexity index is 1510. The number of aromatic nitrogens is 3. The molecule has 0 aliphatic carbocycles. The Labute approximate surface area is 195 Å². The van der Waals surface area contributed by atoms with Crippen LogP contribution in [0.3, 0.4) is 0 Å². The molecule has 33 heavy (non-hydrogen) atoms. The minimum Gasteiger partial charge on any atom is -0.452 e. The summed E-state index contributed by atoms with van der Waals surface area (Å²) in [7, 11) is 0. The van der Waals surface area contributed by atoms with Gasteiger partial charge in [-0.2, -0.15) is 0 Å². The van der Waals surface area contributed by atoms with Gasteiger partial charge in [0.05, 0.1) is 0 Å². The van der Waals surface area contributed by atoms with E-state index in [-0.39, 0.29) is 10.8 Å². The summed E-state index contributed by atoms with van der Waals surface area (Å²) in [5.41, 5.74) is 8.06. The predicted octanol–water partition coefficient (Wildman–Crippen LogP) is 7.79. The quantitative estimate of drug-likeness (QED) is 0.283. The highest BCUT2D eigenvalue weighted by Gasteiger charge is 2.22. The van der Waals surface area contributed by atoms with Crippen LogP contribution < -0.4 is 0 Å². The van der Waals surface area contributed by atoms with E-state index in [2.05, 4.69) is 92.9 Å². The van der Waals surface area contributed by atoms with Crippen LogP contribution in [-0.4, -0.2) is 15.0 Å². The van der Waals surface area contributed by atoms with Crippen LogP contribution >= 0.6 is 0 Å². The first-order chi connectivity index (χ1) is 15.5. The number of nitrogens with zero attached hydrogens (tertiary/aromatic N) is 3. The average Bonchev–Trinajstić information content (AvgIpc) is 3.08. The largest absolute Gasteiger partial charge is 0.452 e. The van der Waals surface area contributed by atoms with Crippen molar-refractivity contribution in [2.75, 3.05) is 0 Å². The van der Waals surface area contributed by atoms with Crippen molar-refractivity contribution in [1.29, 1.82) is 0 Å². The highest BCUT2D eigenvalue weighted by atomic mass is 16.3. The first-order valence-electron chi connectivity index (χ1n) is 11.6. The van der Waals surface area contributed by atoms with Crippen LogP contribution in [0.5, 0.6) is 0 Å². The van der Waals surface area contributed by atoms with Gasteiger partial charge in [-0.15, -0.1) is 0 Å². The molecule has 4 heteroatoms. The highest BCUT2D eigenvalue weighted by molar-refractivity contribution is 6.07. The Morgan fingerprint density at radius 3 is 2.36 bits per heavy atom. The zero-order valence-corrected chi connectivity index (χ0v) is 20.6. The van der Waals surface area contributed by atoms with Crippen LogP contribution in [0, 0.1) is 12.3 Å². The van der Waals surface area contributed by atoms with Gasteiger partial charge in [-0.05, 0) is 71.0 Å². The molecule has 5 rings (SSSR count). The summed E-state index contributed by atoms with van der Waals surface area (Å²) in [6.07, 6.45) is 4.59. The van der Waals surface area contributed by atoms with Crippen molar-refractivity contribution in [3.05, 3.63) is 65.7 Å². The third-order valence-corrected chi connectivity index (χ3v) is 6.11. The Balaban J connectivity index is 1.74.